The van der Waals surface area contributed by atoms with Crippen molar-refractivity contribution in [2.24, 2.45) is 0 Å². The fraction of sp³-hybridized carbons (Fsp3) is 0.417. The lowest BCUT2D eigenvalue weighted by molar-refractivity contribution is -0.384. The lowest BCUT2D eigenvalue weighted by Gasteiger charge is -2.39. The molecule has 1 saturated heterocycles. The normalized spacial score (nSPS) is 19.4. The first-order valence-electron chi connectivity index (χ1n) is 11.7. The molecule has 12 heteroatoms. The van der Waals surface area contributed by atoms with E-state index in [4.69, 9.17) is 11.6 Å². The molecule has 0 spiro atoms. The molecule has 2 heterocycles. The SMILES string of the molecule is O=C(NC1(C(=O)NC2CCN(c3ccc(F)cc3[N+](=O)[O-])CC2=O)CCCCC1)c1ccc(Cl)nc1. The minimum Gasteiger partial charge on any atom is -0.358 e. The number of nitrogens with one attached hydrogen (secondary N) is 2. The molecular weight excluding hydrogens is 493 g/mol. The molecule has 2 amide bonds. The van der Waals surface area contributed by atoms with E-state index in [1.807, 2.05) is 0 Å². The van der Waals surface area contributed by atoms with Crippen molar-refractivity contribution in [2.45, 2.75) is 50.1 Å². The number of hydrogen-bond donors (Lipinski definition) is 2. The van der Waals surface area contributed by atoms with E-state index in [0.29, 0.717) is 12.8 Å². The zero-order valence-electron chi connectivity index (χ0n) is 19.3. The van der Waals surface area contributed by atoms with Crippen molar-refractivity contribution < 1.29 is 23.7 Å². The summed E-state index contributed by atoms with van der Waals surface area (Å²) < 4.78 is 13.5. The zero-order valence-corrected chi connectivity index (χ0v) is 20.1. The first-order chi connectivity index (χ1) is 17.2. The van der Waals surface area contributed by atoms with Gasteiger partial charge in [0.05, 0.1) is 29.1 Å². The molecule has 2 aliphatic rings. The number of piperidine rings is 1. The van der Waals surface area contributed by atoms with Gasteiger partial charge < -0.3 is 15.5 Å². The molecular formula is C24H25ClFN5O5. The highest BCUT2D eigenvalue weighted by Crippen LogP contribution is 2.32. The van der Waals surface area contributed by atoms with E-state index in [-0.39, 0.29) is 41.7 Å². The molecule has 36 heavy (non-hydrogen) atoms. The summed E-state index contributed by atoms with van der Waals surface area (Å²) in [5.74, 6) is -1.96. The molecule has 4 rings (SSSR count). The van der Waals surface area contributed by atoms with E-state index < -0.39 is 39.8 Å². The van der Waals surface area contributed by atoms with Gasteiger partial charge in [-0.3, -0.25) is 24.5 Å². The second kappa shape index (κ2) is 10.6. The number of nitro groups is 1. The number of amides is 2. The molecule has 10 nitrogen and oxygen atoms in total. The molecule has 2 fully saturated rings. The topological polar surface area (TPSA) is 135 Å². The number of benzene rings is 1. The molecule has 190 valence electrons. The molecule has 2 N–H and O–H groups in total. The predicted molar refractivity (Wildman–Crippen MR) is 129 cm³/mol. The van der Waals surface area contributed by atoms with E-state index in [2.05, 4.69) is 15.6 Å². The van der Waals surface area contributed by atoms with E-state index >= 15 is 0 Å². The van der Waals surface area contributed by atoms with E-state index in [1.165, 1.54) is 29.3 Å². The van der Waals surface area contributed by atoms with Crippen LogP contribution in [-0.4, -0.2) is 52.2 Å². The van der Waals surface area contributed by atoms with Gasteiger partial charge in [-0.1, -0.05) is 30.9 Å². The first-order valence-corrected chi connectivity index (χ1v) is 12.0. The third kappa shape index (κ3) is 5.46. The van der Waals surface area contributed by atoms with Gasteiger partial charge in [-0.15, -0.1) is 0 Å². The van der Waals surface area contributed by atoms with E-state index in [9.17, 15) is 28.9 Å². The van der Waals surface area contributed by atoms with Gasteiger partial charge in [0.2, 0.25) is 5.91 Å². The summed E-state index contributed by atoms with van der Waals surface area (Å²) >= 11 is 5.80. The van der Waals surface area contributed by atoms with Gasteiger partial charge in [0.1, 0.15) is 22.2 Å². The summed E-state index contributed by atoms with van der Waals surface area (Å²) in [6.45, 7) is 0.0756. The maximum absolute atomic E-state index is 13.5. The molecule has 1 atom stereocenters. The lowest BCUT2D eigenvalue weighted by atomic mass is 9.80. The van der Waals surface area contributed by atoms with Gasteiger partial charge in [-0.2, -0.15) is 0 Å². The van der Waals surface area contributed by atoms with Crippen molar-refractivity contribution in [3.63, 3.8) is 0 Å². The summed E-state index contributed by atoms with van der Waals surface area (Å²) in [6, 6.07) is 5.40. The highest BCUT2D eigenvalue weighted by atomic mass is 35.5. The molecule has 1 saturated carbocycles. The number of pyridine rings is 1. The van der Waals surface area contributed by atoms with Crippen LogP contribution in [0.5, 0.6) is 0 Å². The fourth-order valence-electron chi connectivity index (χ4n) is 4.75. The van der Waals surface area contributed by atoms with Crippen molar-refractivity contribution >= 4 is 40.6 Å². The Morgan fingerprint density at radius 2 is 1.94 bits per heavy atom. The van der Waals surface area contributed by atoms with Gasteiger partial charge in [0.15, 0.2) is 5.78 Å². The fourth-order valence-corrected chi connectivity index (χ4v) is 4.86. The molecule has 1 aliphatic heterocycles. The van der Waals surface area contributed by atoms with Crippen LogP contribution in [0.3, 0.4) is 0 Å². The van der Waals surface area contributed by atoms with Gasteiger partial charge in [-0.25, -0.2) is 9.37 Å². The summed E-state index contributed by atoms with van der Waals surface area (Å²) in [5, 5.41) is 17.3. The molecule has 0 bridgehead atoms. The van der Waals surface area contributed by atoms with Crippen LogP contribution in [0.4, 0.5) is 15.8 Å². The van der Waals surface area contributed by atoms with Crippen LogP contribution in [-0.2, 0) is 9.59 Å². The van der Waals surface area contributed by atoms with Gasteiger partial charge >= 0.3 is 0 Å². The summed E-state index contributed by atoms with van der Waals surface area (Å²) in [7, 11) is 0. The quantitative estimate of drug-likeness (QED) is 0.341. The number of anilines is 1. The molecule has 1 aliphatic carbocycles. The number of halogens is 2. The zero-order chi connectivity index (χ0) is 25.9. The average Bonchev–Trinajstić information content (AvgIpc) is 2.86. The Labute approximate surface area is 211 Å². The minimum absolute atomic E-state index is 0.145. The molecule has 1 aromatic carbocycles. The van der Waals surface area contributed by atoms with Gasteiger partial charge in [-0.05, 0) is 43.5 Å². The standard InChI is InChI=1S/C24H25ClFN5O5/c25-21-7-4-15(13-27-21)22(33)29-24(9-2-1-3-10-24)23(34)28-17-8-11-30(14-20(17)32)18-6-5-16(26)12-19(18)31(35)36/h4-7,12-13,17H,1-3,8-11,14H2,(H,28,34)(H,29,33). The van der Waals surface area contributed by atoms with Crippen molar-refractivity contribution in [1.29, 1.82) is 0 Å². The largest absolute Gasteiger partial charge is 0.358 e. The Kier molecular flexibility index (Phi) is 7.48. The van der Waals surface area contributed by atoms with Crippen LogP contribution in [0.2, 0.25) is 5.15 Å². The Hall–Kier alpha value is -3.60. The number of carbonyl (C=O) groups excluding carboxylic acids is 3. The van der Waals surface area contributed by atoms with Crippen LogP contribution in [0, 0.1) is 15.9 Å². The van der Waals surface area contributed by atoms with Crippen LogP contribution in [0.25, 0.3) is 0 Å². The third-order valence-electron chi connectivity index (χ3n) is 6.69. The van der Waals surface area contributed by atoms with Crippen LogP contribution in [0.15, 0.2) is 36.5 Å². The minimum atomic E-state index is -1.16. The molecule has 1 aromatic heterocycles. The Morgan fingerprint density at radius 3 is 2.58 bits per heavy atom. The molecule has 2 aromatic rings. The van der Waals surface area contributed by atoms with Crippen LogP contribution in [0.1, 0.15) is 48.9 Å². The Balaban J connectivity index is 1.46. The number of Topliss-reactive ketones (excluding diaryl/α,β-unsaturated/α-hetero) is 1. The smallest absolute Gasteiger partial charge is 0.295 e. The number of carbonyl (C=O) groups is 3. The maximum atomic E-state index is 13.5. The second-order valence-electron chi connectivity index (χ2n) is 9.06. The van der Waals surface area contributed by atoms with Gasteiger partial charge in [0, 0.05) is 12.7 Å². The van der Waals surface area contributed by atoms with Crippen LogP contribution >= 0.6 is 11.6 Å². The summed E-state index contributed by atoms with van der Waals surface area (Å²) in [6.07, 6.45) is 4.83. The first kappa shape index (κ1) is 25.5. The van der Waals surface area contributed by atoms with Crippen molar-refractivity contribution in [1.82, 2.24) is 15.6 Å². The average molecular weight is 518 g/mol. The molecule has 1 unspecified atom stereocenters. The van der Waals surface area contributed by atoms with Gasteiger partial charge in [0.25, 0.3) is 11.6 Å². The number of nitrogens with zero attached hydrogens (tertiary/aromatic N) is 3. The number of nitro benzene ring substituents is 1. The van der Waals surface area contributed by atoms with E-state index in [0.717, 1.165) is 31.4 Å². The molecule has 0 radical (unpaired) electrons. The number of ketones is 1. The number of hydrogen-bond acceptors (Lipinski definition) is 7. The monoisotopic (exact) mass is 517 g/mol. The Bertz CT molecular complexity index is 1190. The maximum Gasteiger partial charge on any atom is 0.295 e. The third-order valence-corrected chi connectivity index (χ3v) is 6.91. The number of rotatable bonds is 6. The lowest BCUT2D eigenvalue weighted by Crippen LogP contribution is -2.63. The van der Waals surface area contributed by atoms with Crippen molar-refractivity contribution in [3.8, 4) is 0 Å². The highest BCUT2D eigenvalue weighted by Gasteiger charge is 2.43. The second-order valence-corrected chi connectivity index (χ2v) is 9.45. The van der Waals surface area contributed by atoms with Crippen LogP contribution < -0.4 is 15.5 Å². The number of aromatic nitrogens is 1. The Morgan fingerprint density at radius 1 is 1.19 bits per heavy atom. The summed E-state index contributed by atoms with van der Waals surface area (Å²) in [5.41, 5.74) is -1.18. The van der Waals surface area contributed by atoms with E-state index in [1.54, 1.807) is 0 Å². The van der Waals surface area contributed by atoms with Crippen molar-refractivity contribution in [3.05, 3.63) is 63.2 Å². The summed E-state index contributed by atoms with van der Waals surface area (Å²) in [4.78, 5) is 55.3. The predicted octanol–water partition coefficient (Wildman–Crippen LogP) is 3.18. The highest BCUT2D eigenvalue weighted by molar-refractivity contribution is 6.29. The van der Waals surface area contributed by atoms with Crippen molar-refractivity contribution in [2.75, 3.05) is 18.0 Å².